The number of benzene rings is 1. The molecule has 0 saturated carbocycles. The fraction of sp³-hybridized carbons (Fsp3) is 0.368. The Hall–Kier alpha value is -3.01. The van der Waals surface area contributed by atoms with Crippen LogP contribution in [0.1, 0.15) is 12.0 Å². The Bertz CT molecular complexity index is 1180. The van der Waals surface area contributed by atoms with Gasteiger partial charge in [0.15, 0.2) is 15.5 Å². The van der Waals surface area contributed by atoms with Gasteiger partial charge in [-0.05, 0) is 36.2 Å². The van der Waals surface area contributed by atoms with E-state index in [-0.39, 0.29) is 29.3 Å². The van der Waals surface area contributed by atoms with Gasteiger partial charge in [0.2, 0.25) is 5.91 Å². The summed E-state index contributed by atoms with van der Waals surface area (Å²) < 4.78 is 24.8. The van der Waals surface area contributed by atoms with E-state index in [9.17, 15) is 13.2 Å². The van der Waals surface area contributed by atoms with Crippen molar-refractivity contribution in [3.8, 4) is 0 Å². The second-order valence-corrected chi connectivity index (χ2v) is 9.68. The molecule has 3 fully saturated rings. The second-order valence-electron chi connectivity index (χ2n) is 7.67. The van der Waals surface area contributed by atoms with Gasteiger partial charge in [-0.1, -0.05) is 12.1 Å². The second kappa shape index (κ2) is 6.51. The zero-order chi connectivity index (χ0) is 20.2. The van der Waals surface area contributed by atoms with E-state index >= 15 is 0 Å². The number of piperazine rings is 1. The van der Waals surface area contributed by atoms with Gasteiger partial charge in [-0.15, -0.1) is 15.3 Å². The summed E-state index contributed by atoms with van der Waals surface area (Å²) in [4.78, 5) is 17.3. The molecule has 0 aliphatic carbocycles. The molecular weight excluding hydrogens is 392 g/mol. The molecule has 1 amide bonds. The van der Waals surface area contributed by atoms with Crippen LogP contribution in [-0.2, 0) is 21.1 Å². The van der Waals surface area contributed by atoms with E-state index in [4.69, 9.17) is 0 Å². The summed E-state index contributed by atoms with van der Waals surface area (Å²) in [6, 6.07) is 10.7. The number of sulfone groups is 1. The Morgan fingerprint density at radius 3 is 2.52 bits per heavy atom. The average Bonchev–Trinajstić information content (AvgIpc) is 3.15. The monoisotopic (exact) mass is 412 g/mol. The van der Waals surface area contributed by atoms with Gasteiger partial charge in [-0.2, -0.15) is 4.52 Å². The largest absolute Gasteiger partial charge is 0.351 e. The van der Waals surface area contributed by atoms with Gasteiger partial charge in [0.05, 0.1) is 23.4 Å². The molecule has 0 N–H and O–H groups in total. The van der Waals surface area contributed by atoms with Crippen molar-refractivity contribution in [2.24, 2.45) is 0 Å². The van der Waals surface area contributed by atoms with Crippen LogP contribution in [0.3, 0.4) is 0 Å². The van der Waals surface area contributed by atoms with E-state index in [0.717, 1.165) is 30.9 Å². The van der Waals surface area contributed by atoms with Crippen molar-refractivity contribution in [3.63, 3.8) is 0 Å². The molecule has 9 nitrogen and oxygen atoms in total. The smallest absolute Gasteiger partial charge is 0.227 e. The minimum absolute atomic E-state index is 0.0835. The number of fused-ring (bicyclic) bond motifs is 3. The normalized spacial score (nSPS) is 21.3. The number of nitrogens with zero attached hydrogens (tertiary/aromatic N) is 6. The summed E-state index contributed by atoms with van der Waals surface area (Å²) in [5.41, 5.74) is 1.53. The van der Waals surface area contributed by atoms with Crippen molar-refractivity contribution in [3.05, 3.63) is 48.3 Å². The highest BCUT2D eigenvalue weighted by atomic mass is 32.2. The van der Waals surface area contributed by atoms with Crippen molar-refractivity contribution < 1.29 is 13.2 Å². The van der Waals surface area contributed by atoms with E-state index in [0.29, 0.717) is 5.65 Å². The molecule has 0 radical (unpaired) electrons. The van der Waals surface area contributed by atoms with Crippen LogP contribution in [0.25, 0.3) is 5.65 Å². The van der Waals surface area contributed by atoms with E-state index in [1.807, 2.05) is 17.0 Å². The first-order valence-electron chi connectivity index (χ1n) is 9.41. The summed E-state index contributed by atoms with van der Waals surface area (Å²) in [6.07, 6.45) is 4.04. The van der Waals surface area contributed by atoms with Gasteiger partial charge >= 0.3 is 0 Å². The molecule has 2 aromatic heterocycles. The third kappa shape index (κ3) is 3.23. The fourth-order valence-corrected chi connectivity index (χ4v) is 4.84. The van der Waals surface area contributed by atoms with Crippen LogP contribution >= 0.6 is 0 Å². The van der Waals surface area contributed by atoms with Crippen LogP contribution < -0.4 is 4.90 Å². The van der Waals surface area contributed by atoms with Crippen molar-refractivity contribution in [2.45, 2.75) is 29.8 Å². The van der Waals surface area contributed by atoms with Gasteiger partial charge in [0.25, 0.3) is 0 Å². The Morgan fingerprint density at radius 2 is 1.83 bits per heavy atom. The highest BCUT2D eigenvalue weighted by Gasteiger charge is 2.47. The maximum atomic E-state index is 12.8. The van der Waals surface area contributed by atoms with Crippen LogP contribution in [0.2, 0.25) is 0 Å². The number of hydrogen-bond donors (Lipinski definition) is 0. The van der Waals surface area contributed by atoms with Crippen LogP contribution in [0.4, 0.5) is 5.82 Å². The molecule has 150 valence electrons. The standard InChI is InChI=1S/C19H20N6O3S/c1-29(27,28)16-4-2-13(3-5-16)8-19(26)25-14-9-15(25)11-23(10-14)18-7-6-17-21-20-12-24(17)22-18/h2-7,12,14-15H,8-11H2,1H3. The van der Waals surface area contributed by atoms with Crippen LogP contribution in [-0.4, -0.2) is 70.5 Å². The van der Waals surface area contributed by atoms with Gasteiger partial charge in [0, 0.05) is 19.3 Å². The molecule has 3 saturated heterocycles. The van der Waals surface area contributed by atoms with E-state index in [2.05, 4.69) is 20.2 Å². The molecule has 0 spiro atoms. The van der Waals surface area contributed by atoms with E-state index < -0.39 is 9.84 Å². The molecule has 10 heteroatoms. The predicted octanol–water partition coefficient (Wildman–Crippen LogP) is 0.560. The van der Waals surface area contributed by atoms with Crippen molar-refractivity contribution in [1.29, 1.82) is 0 Å². The lowest BCUT2D eigenvalue weighted by molar-refractivity contribution is -0.145. The minimum atomic E-state index is -3.23. The maximum Gasteiger partial charge on any atom is 0.227 e. The van der Waals surface area contributed by atoms with Crippen LogP contribution in [0.5, 0.6) is 0 Å². The zero-order valence-electron chi connectivity index (χ0n) is 15.8. The number of carbonyl (C=O) groups is 1. The summed E-state index contributed by atoms with van der Waals surface area (Å²) in [6.45, 7) is 1.49. The van der Waals surface area contributed by atoms with Gasteiger partial charge in [-0.25, -0.2) is 8.42 Å². The number of anilines is 1. The minimum Gasteiger partial charge on any atom is -0.351 e. The highest BCUT2D eigenvalue weighted by Crippen LogP contribution is 2.34. The van der Waals surface area contributed by atoms with Crippen LogP contribution in [0.15, 0.2) is 47.6 Å². The Labute approximate surface area is 167 Å². The van der Waals surface area contributed by atoms with E-state index in [1.54, 1.807) is 35.1 Å². The third-order valence-electron chi connectivity index (χ3n) is 5.66. The van der Waals surface area contributed by atoms with Crippen LogP contribution in [0, 0.1) is 0 Å². The molecule has 3 aromatic rings. The molecular formula is C19H20N6O3S. The lowest BCUT2D eigenvalue weighted by atomic mass is 9.86. The van der Waals surface area contributed by atoms with Gasteiger partial charge < -0.3 is 9.80 Å². The molecule has 2 atom stereocenters. The van der Waals surface area contributed by atoms with E-state index in [1.165, 1.54) is 6.26 Å². The summed E-state index contributed by atoms with van der Waals surface area (Å²) in [7, 11) is -3.23. The third-order valence-corrected chi connectivity index (χ3v) is 6.79. The molecule has 2 bridgehead atoms. The lowest BCUT2D eigenvalue weighted by Gasteiger charge is -2.56. The van der Waals surface area contributed by atoms with Gasteiger partial charge in [0.1, 0.15) is 12.1 Å². The first kappa shape index (κ1) is 18.0. The fourth-order valence-electron chi connectivity index (χ4n) is 4.21. The molecule has 3 aliphatic rings. The number of rotatable bonds is 4. The summed E-state index contributed by atoms with van der Waals surface area (Å²) >= 11 is 0. The number of carbonyl (C=O) groups excluding carboxylic acids is 1. The topological polar surface area (TPSA) is 101 Å². The predicted molar refractivity (Wildman–Crippen MR) is 105 cm³/mol. The molecule has 3 aliphatic heterocycles. The van der Waals surface area contributed by atoms with Gasteiger partial charge in [-0.3, -0.25) is 4.79 Å². The number of piperidine rings is 1. The molecule has 6 rings (SSSR count). The maximum absolute atomic E-state index is 12.8. The first-order chi connectivity index (χ1) is 13.9. The number of hydrogen-bond acceptors (Lipinski definition) is 7. The summed E-state index contributed by atoms with van der Waals surface area (Å²) in [5.74, 6) is 0.940. The Morgan fingerprint density at radius 1 is 1.10 bits per heavy atom. The van der Waals surface area contributed by atoms with Crippen molar-refractivity contribution in [2.75, 3.05) is 24.2 Å². The summed E-state index contributed by atoms with van der Waals surface area (Å²) in [5, 5.41) is 12.4. The quantitative estimate of drug-likeness (QED) is 0.617. The highest BCUT2D eigenvalue weighted by molar-refractivity contribution is 7.90. The number of aromatic nitrogens is 4. The Kier molecular flexibility index (Phi) is 4.05. The molecule has 2 unspecified atom stereocenters. The molecule has 5 heterocycles. The van der Waals surface area contributed by atoms with Crippen molar-refractivity contribution >= 4 is 27.2 Å². The number of amides is 1. The molecule has 29 heavy (non-hydrogen) atoms. The lowest BCUT2D eigenvalue weighted by Crippen LogP contribution is -2.70. The SMILES string of the molecule is CS(=O)(=O)c1ccc(CC(=O)N2C3CC2CN(c2ccc4nncn4n2)C3)cc1. The zero-order valence-corrected chi connectivity index (χ0v) is 16.7. The van der Waals surface area contributed by atoms with Crippen molar-refractivity contribution in [1.82, 2.24) is 24.7 Å². The first-order valence-corrected chi connectivity index (χ1v) is 11.3. The molecule has 1 aromatic carbocycles. The average molecular weight is 412 g/mol. The Balaban J connectivity index is 1.25.